The molecule has 1 fully saturated rings. The van der Waals surface area contributed by atoms with Crippen molar-refractivity contribution in [3.05, 3.63) is 80.9 Å². The van der Waals surface area contributed by atoms with Crippen LogP contribution in [0.15, 0.2) is 54.6 Å². The third kappa shape index (κ3) is 4.87. The molecule has 9 heteroatoms. The molecule has 0 aromatic heterocycles. The topological polar surface area (TPSA) is 110 Å². The molecule has 0 saturated carbocycles. The molecule has 2 aromatic rings. The van der Waals surface area contributed by atoms with Gasteiger partial charge in [-0.15, -0.1) is 0 Å². The number of hydrogen-bond donors (Lipinski definition) is 1. The van der Waals surface area contributed by atoms with E-state index >= 15 is 0 Å². The number of nitro groups is 1. The average Bonchev–Trinajstić information content (AvgIpc) is 3.38. The van der Waals surface area contributed by atoms with Gasteiger partial charge < -0.3 is 10.2 Å². The number of nitro benzene ring substituents is 1. The number of ketones is 1. The highest BCUT2D eigenvalue weighted by Crippen LogP contribution is 2.32. The zero-order valence-electron chi connectivity index (χ0n) is 18.4. The summed E-state index contributed by atoms with van der Waals surface area (Å²) in [5, 5.41) is 14.3. The fourth-order valence-electron chi connectivity index (χ4n) is 4.51. The molecule has 34 heavy (non-hydrogen) atoms. The molecule has 176 valence electrons. The van der Waals surface area contributed by atoms with E-state index < -0.39 is 28.4 Å². The number of benzene rings is 2. The number of carbonyl (C=O) groups excluding carboxylic acids is 3. The van der Waals surface area contributed by atoms with Gasteiger partial charge in [0.15, 0.2) is 5.78 Å². The molecule has 1 heterocycles. The molecule has 1 N–H and O–H groups in total. The van der Waals surface area contributed by atoms with Gasteiger partial charge in [0, 0.05) is 30.8 Å². The van der Waals surface area contributed by atoms with Gasteiger partial charge in [0.2, 0.25) is 11.8 Å². The third-order valence-electron chi connectivity index (χ3n) is 6.34. The summed E-state index contributed by atoms with van der Waals surface area (Å²) < 4.78 is 0. The fourth-order valence-corrected chi connectivity index (χ4v) is 4.73. The van der Waals surface area contributed by atoms with Crippen molar-refractivity contribution in [3.8, 4) is 0 Å². The molecule has 2 atom stereocenters. The molecule has 1 saturated heterocycles. The summed E-state index contributed by atoms with van der Waals surface area (Å²) in [6, 6.07) is 10.1. The van der Waals surface area contributed by atoms with Crippen molar-refractivity contribution in [1.82, 2.24) is 4.90 Å². The van der Waals surface area contributed by atoms with Gasteiger partial charge in [-0.1, -0.05) is 35.9 Å². The van der Waals surface area contributed by atoms with Crippen LogP contribution in [0, 0.1) is 22.0 Å². The number of likely N-dealkylation sites (tertiary alicyclic amines) is 1. The van der Waals surface area contributed by atoms with Gasteiger partial charge >= 0.3 is 0 Å². The van der Waals surface area contributed by atoms with Crippen LogP contribution in [0.5, 0.6) is 0 Å². The van der Waals surface area contributed by atoms with Crippen LogP contribution in [-0.4, -0.2) is 40.5 Å². The standard InChI is InChI=1S/C25H24ClN3O5/c26-21-10-4-3-9-19(21)23(30)20-15-16(29(33)34)11-12-22(20)27-24(31)17-7-1-2-8-18(17)25(32)28-13-5-6-14-28/h1-4,9-12,15,17-18H,5-8,13-14H2,(H,27,31). The number of hydrogen-bond acceptors (Lipinski definition) is 5. The summed E-state index contributed by atoms with van der Waals surface area (Å²) in [7, 11) is 0. The second-order valence-corrected chi connectivity index (χ2v) is 8.88. The number of allylic oxidation sites excluding steroid dienone is 2. The number of carbonyl (C=O) groups is 3. The number of rotatable bonds is 6. The smallest absolute Gasteiger partial charge is 0.270 e. The lowest BCUT2D eigenvalue weighted by Gasteiger charge is -2.30. The van der Waals surface area contributed by atoms with Crippen LogP contribution in [0.4, 0.5) is 11.4 Å². The van der Waals surface area contributed by atoms with E-state index in [2.05, 4.69) is 5.32 Å². The van der Waals surface area contributed by atoms with E-state index in [1.54, 1.807) is 18.2 Å². The molecule has 2 aliphatic rings. The van der Waals surface area contributed by atoms with Crippen LogP contribution in [0.3, 0.4) is 0 Å². The van der Waals surface area contributed by atoms with E-state index in [1.807, 2.05) is 17.1 Å². The molecule has 1 aliphatic carbocycles. The van der Waals surface area contributed by atoms with E-state index in [1.165, 1.54) is 18.2 Å². The van der Waals surface area contributed by atoms with E-state index in [-0.39, 0.29) is 33.4 Å². The maximum Gasteiger partial charge on any atom is 0.270 e. The first-order chi connectivity index (χ1) is 16.4. The second-order valence-electron chi connectivity index (χ2n) is 8.47. The van der Waals surface area contributed by atoms with Crippen molar-refractivity contribution in [2.45, 2.75) is 25.7 Å². The maximum atomic E-state index is 13.3. The predicted molar refractivity (Wildman–Crippen MR) is 128 cm³/mol. The summed E-state index contributed by atoms with van der Waals surface area (Å²) in [6.45, 7) is 1.40. The van der Waals surface area contributed by atoms with Crippen LogP contribution < -0.4 is 5.32 Å². The van der Waals surface area contributed by atoms with Gasteiger partial charge in [-0.25, -0.2) is 0 Å². The highest BCUT2D eigenvalue weighted by Gasteiger charge is 2.37. The van der Waals surface area contributed by atoms with Crippen LogP contribution >= 0.6 is 11.6 Å². The molecule has 2 aromatic carbocycles. The predicted octanol–water partition coefficient (Wildman–Crippen LogP) is 4.62. The van der Waals surface area contributed by atoms with E-state index in [0.717, 1.165) is 18.9 Å². The first kappa shape index (κ1) is 23.6. The lowest BCUT2D eigenvalue weighted by molar-refractivity contribution is -0.384. The Hall–Kier alpha value is -3.52. The summed E-state index contributed by atoms with van der Waals surface area (Å²) in [4.78, 5) is 52.1. The van der Waals surface area contributed by atoms with E-state index in [0.29, 0.717) is 25.9 Å². The lowest BCUT2D eigenvalue weighted by Crippen LogP contribution is -2.42. The summed E-state index contributed by atoms with van der Waals surface area (Å²) in [6.07, 6.45) is 6.59. The largest absolute Gasteiger partial charge is 0.342 e. The minimum atomic E-state index is -0.605. The average molecular weight is 482 g/mol. The van der Waals surface area contributed by atoms with E-state index in [4.69, 9.17) is 11.6 Å². The Kier molecular flexibility index (Phi) is 7.07. The number of nitrogens with zero attached hydrogens (tertiary/aromatic N) is 2. The van der Waals surface area contributed by atoms with Crippen molar-refractivity contribution < 1.29 is 19.3 Å². The third-order valence-corrected chi connectivity index (χ3v) is 6.67. The molecule has 0 spiro atoms. The SMILES string of the molecule is O=C(c1ccccc1Cl)c1cc([N+](=O)[O-])ccc1NC(=O)C1CC=CCC1C(=O)N1CCCC1. The lowest BCUT2D eigenvalue weighted by atomic mass is 9.81. The van der Waals surface area contributed by atoms with Crippen molar-refractivity contribution in [2.24, 2.45) is 11.8 Å². The molecule has 0 bridgehead atoms. The minimum absolute atomic E-state index is 0.0296. The normalized spacial score (nSPS) is 19.6. The Balaban J connectivity index is 1.63. The monoisotopic (exact) mass is 481 g/mol. The Morgan fingerprint density at radius 2 is 1.65 bits per heavy atom. The first-order valence-electron chi connectivity index (χ1n) is 11.2. The molecule has 1 aliphatic heterocycles. The summed E-state index contributed by atoms with van der Waals surface area (Å²) in [5.74, 6) is -2.06. The van der Waals surface area contributed by atoms with Gasteiger partial charge in [-0.05, 0) is 43.9 Å². The van der Waals surface area contributed by atoms with Gasteiger partial charge in [0.25, 0.3) is 5.69 Å². The van der Waals surface area contributed by atoms with Crippen LogP contribution in [0.25, 0.3) is 0 Å². The van der Waals surface area contributed by atoms with Crippen molar-refractivity contribution in [1.29, 1.82) is 0 Å². The molecular formula is C25H24ClN3O5. The molecular weight excluding hydrogens is 458 g/mol. The summed E-state index contributed by atoms with van der Waals surface area (Å²) in [5.41, 5.74) is -0.00851. The molecule has 2 amide bonds. The van der Waals surface area contributed by atoms with Gasteiger partial charge in [-0.3, -0.25) is 24.5 Å². The Morgan fingerprint density at radius 3 is 2.32 bits per heavy atom. The molecule has 0 radical (unpaired) electrons. The summed E-state index contributed by atoms with van der Waals surface area (Å²) >= 11 is 6.18. The number of halogens is 1. The Labute approximate surface area is 201 Å². The zero-order valence-corrected chi connectivity index (χ0v) is 19.2. The van der Waals surface area contributed by atoms with Crippen molar-refractivity contribution in [2.75, 3.05) is 18.4 Å². The van der Waals surface area contributed by atoms with Gasteiger partial charge in [0.05, 0.1) is 33.0 Å². The maximum absolute atomic E-state index is 13.3. The number of amides is 2. The molecule has 8 nitrogen and oxygen atoms in total. The fraction of sp³-hybridized carbons (Fsp3) is 0.320. The van der Waals surface area contributed by atoms with Gasteiger partial charge in [0.1, 0.15) is 0 Å². The molecule has 4 rings (SSSR count). The van der Waals surface area contributed by atoms with Crippen molar-refractivity contribution in [3.63, 3.8) is 0 Å². The number of nitrogens with one attached hydrogen (secondary N) is 1. The van der Waals surface area contributed by atoms with Gasteiger partial charge in [-0.2, -0.15) is 0 Å². The first-order valence-corrected chi connectivity index (χ1v) is 11.6. The highest BCUT2D eigenvalue weighted by atomic mass is 35.5. The zero-order chi connectivity index (χ0) is 24.2. The molecule has 2 unspecified atom stereocenters. The minimum Gasteiger partial charge on any atom is -0.342 e. The highest BCUT2D eigenvalue weighted by molar-refractivity contribution is 6.35. The number of non-ortho nitro benzene ring substituents is 1. The quantitative estimate of drug-likeness (QED) is 0.280. The second kappa shape index (κ2) is 10.2. The van der Waals surface area contributed by atoms with E-state index in [9.17, 15) is 24.5 Å². The Morgan fingerprint density at radius 1 is 0.971 bits per heavy atom. The van der Waals surface area contributed by atoms with Crippen LogP contribution in [0.2, 0.25) is 5.02 Å². The number of anilines is 1. The Bertz CT molecular complexity index is 1170. The van der Waals surface area contributed by atoms with Crippen LogP contribution in [0.1, 0.15) is 41.6 Å². The van der Waals surface area contributed by atoms with Crippen LogP contribution in [-0.2, 0) is 9.59 Å². The van der Waals surface area contributed by atoms with Crippen molar-refractivity contribution >= 4 is 40.6 Å².